The van der Waals surface area contributed by atoms with Crippen molar-refractivity contribution in [3.8, 4) is 0 Å². The van der Waals surface area contributed by atoms with Crippen molar-refractivity contribution in [3.63, 3.8) is 0 Å². The normalized spacial score (nSPS) is 17.5. The maximum absolute atomic E-state index is 12.8. The van der Waals surface area contributed by atoms with Gasteiger partial charge in [0.05, 0.1) is 17.7 Å². The van der Waals surface area contributed by atoms with Gasteiger partial charge in [-0.3, -0.25) is 19.3 Å². The molecule has 4 N–H and O–H groups in total. The van der Waals surface area contributed by atoms with E-state index in [-0.39, 0.29) is 17.7 Å². The molecular weight excluding hydrogens is 462 g/mol. The van der Waals surface area contributed by atoms with Crippen LogP contribution in [0.4, 0.5) is 5.69 Å². The van der Waals surface area contributed by atoms with Crippen molar-refractivity contribution in [2.45, 2.75) is 13.8 Å². The van der Waals surface area contributed by atoms with E-state index in [2.05, 4.69) is 36.9 Å². The fourth-order valence-electron chi connectivity index (χ4n) is 4.01. The molecule has 0 bridgehead atoms. The number of halogens is 1. The Morgan fingerprint density at radius 1 is 1.29 bits per heavy atom. The molecule has 4 rings (SSSR count). The van der Waals surface area contributed by atoms with Gasteiger partial charge in [0.1, 0.15) is 0 Å². The van der Waals surface area contributed by atoms with Crippen LogP contribution in [-0.4, -0.2) is 60.3 Å². The summed E-state index contributed by atoms with van der Waals surface area (Å²) < 4.78 is 0.888. The molecule has 3 heterocycles. The molecule has 0 saturated carbocycles. The van der Waals surface area contributed by atoms with Gasteiger partial charge < -0.3 is 20.9 Å². The molecule has 1 aromatic carbocycles. The van der Waals surface area contributed by atoms with Crippen molar-refractivity contribution < 1.29 is 14.4 Å². The summed E-state index contributed by atoms with van der Waals surface area (Å²) in [4.78, 5) is 42.0. The number of aromatic nitrogens is 1. The minimum Gasteiger partial charge on any atom is -0.358 e. The van der Waals surface area contributed by atoms with Crippen LogP contribution in [0.25, 0.3) is 11.6 Å². The second-order valence-electron chi connectivity index (χ2n) is 7.75. The average molecular weight is 486 g/mol. The van der Waals surface area contributed by atoms with Crippen LogP contribution in [0.15, 0.2) is 22.7 Å². The Bertz CT molecular complexity index is 1100. The summed E-state index contributed by atoms with van der Waals surface area (Å²) in [6.45, 7) is 6.55. The number of carbonyl (C=O) groups is 3. The van der Waals surface area contributed by atoms with Crippen LogP contribution in [-0.2, 0) is 9.59 Å². The highest BCUT2D eigenvalue weighted by atomic mass is 79.9. The van der Waals surface area contributed by atoms with Crippen LogP contribution in [0, 0.1) is 13.8 Å². The van der Waals surface area contributed by atoms with Crippen LogP contribution >= 0.6 is 15.9 Å². The number of amides is 3. The van der Waals surface area contributed by atoms with Crippen molar-refractivity contribution in [3.05, 3.63) is 50.8 Å². The average Bonchev–Trinajstić information content (AvgIpc) is 3.17. The molecule has 0 atom stereocenters. The lowest BCUT2D eigenvalue weighted by Crippen LogP contribution is -2.49. The molecule has 2 aliphatic heterocycles. The summed E-state index contributed by atoms with van der Waals surface area (Å²) in [7, 11) is 0. The number of benzene rings is 1. The Labute approximate surface area is 188 Å². The summed E-state index contributed by atoms with van der Waals surface area (Å²) >= 11 is 3.45. The van der Waals surface area contributed by atoms with Crippen LogP contribution in [0.2, 0.25) is 0 Å². The third-order valence-corrected chi connectivity index (χ3v) is 6.08. The summed E-state index contributed by atoms with van der Waals surface area (Å²) in [5.41, 5.74) is 4.98. The first-order valence-electron chi connectivity index (χ1n) is 10.1. The van der Waals surface area contributed by atoms with Gasteiger partial charge in [-0.1, -0.05) is 15.9 Å². The number of carbonyl (C=O) groups excluding carboxylic acids is 3. The number of aromatic amines is 1. The molecule has 9 heteroatoms. The minimum absolute atomic E-state index is 0.0112. The first kappa shape index (κ1) is 21.3. The van der Waals surface area contributed by atoms with Gasteiger partial charge in [0, 0.05) is 53.3 Å². The molecule has 2 aliphatic rings. The number of nitrogens with one attached hydrogen (secondary N) is 4. The number of hydrogen-bond acceptors (Lipinski definition) is 4. The molecule has 162 valence electrons. The van der Waals surface area contributed by atoms with Gasteiger partial charge >= 0.3 is 0 Å². The van der Waals surface area contributed by atoms with Gasteiger partial charge in [-0.25, -0.2) is 0 Å². The molecule has 1 aromatic heterocycles. The topological polar surface area (TPSA) is 106 Å². The maximum atomic E-state index is 12.8. The molecule has 8 nitrogen and oxygen atoms in total. The number of rotatable bonds is 5. The summed E-state index contributed by atoms with van der Waals surface area (Å²) in [5.74, 6) is -0.329. The first-order chi connectivity index (χ1) is 14.8. The summed E-state index contributed by atoms with van der Waals surface area (Å²) in [5, 5.41) is 8.60. The van der Waals surface area contributed by atoms with Crippen LogP contribution < -0.4 is 16.0 Å². The van der Waals surface area contributed by atoms with Crippen molar-refractivity contribution in [1.29, 1.82) is 0 Å². The second-order valence-corrected chi connectivity index (χ2v) is 8.66. The maximum Gasteiger partial charge on any atom is 0.256 e. The zero-order valence-corrected chi connectivity index (χ0v) is 19.0. The smallest absolute Gasteiger partial charge is 0.256 e. The van der Waals surface area contributed by atoms with E-state index < -0.39 is 0 Å². The molecular formula is C22H24BrN5O3. The lowest BCUT2D eigenvalue weighted by atomic mass is 10.0. The van der Waals surface area contributed by atoms with E-state index in [0.29, 0.717) is 37.3 Å². The van der Waals surface area contributed by atoms with Gasteiger partial charge in [-0.2, -0.15) is 0 Å². The molecule has 0 aliphatic carbocycles. The van der Waals surface area contributed by atoms with E-state index in [1.165, 1.54) is 0 Å². The van der Waals surface area contributed by atoms with E-state index in [9.17, 15) is 14.4 Å². The highest BCUT2D eigenvalue weighted by Crippen LogP contribution is 2.35. The molecule has 2 aromatic rings. The predicted octanol–water partition coefficient (Wildman–Crippen LogP) is 2.05. The van der Waals surface area contributed by atoms with Crippen LogP contribution in [0.1, 0.15) is 32.9 Å². The number of anilines is 1. The molecule has 1 fully saturated rings. The zero-order valence-electron chi connectivity index (χ0n) is 17.4. The predicted molar refractivity (Wildman–Crippen MR) is 123 cm³/mol. The number of hydrogen-bond donors (Lipinski definition) is 4. The first-order valence-corrected chi connectivity index (χ1v) is 10.9. The van der Waals surface area contributed by atoms with Crippen molar-refractivity contribution in [1.82, 2.24) is 20.5 Å². The van der Waals surface area contributed by atoms with Gasteiger partial charge in [-0.15, -0.1) is 0 Å². The molecule has 0 unspecified atom stereocenters. The number of piperazine rings is 1. The Kier molecular flexibility index (Phi) is 5.97. The third-order valence-electron chi connectivity index (χ3n) is 5.59. The van der Waals surface area contributed by atoms with E-state index in [4.69, 9.17) is 0 Å². The van der Waals surface area contributed by atoms with Crippen molar-refractivity contribution >= 4 is 51.0 Å². The van der Waals surface area contributed by atoms with Crippen LogP contribution in [0.3, 0.4) is 0 Å². The summed E-state index contributed by atoms with van der Waals surface area (Å²) in [6, 6.07) is 5.64. The SMILES string of the molecule is Cc1[nH]c(C=C2C(=O)Nc3ccc(Br)cc32)c(C)c1C(=O)NCCN1CCNC(=O)C1. The zero-order chi connectivity index (χ0) is 22.1. The second kappa shape index (κ2) is 8.68. The fourth-order valence-corrected chi connectivity index (χ4v) is 4.37. The Hall–Kier alpha value is -2.91. The Morgan fingerprint density at radius 2 is 2.10 bits per heavy atom. The number of aryl methyl sites for hydroxylation is 1. The Balaban J connectivity index is 1.50. The number of H-pyrrole nitrogens is 1. The van der Waals surface area contributed by atoms with E-state index >= 15 is 0 Å². The van der Waals surface area contributed by atoms with Crippen LogP contribution in [0.5, 0.6) is 0 Å². The molecule has 1 saturated heterocycles. The molecule has 31 heavy (non-hydrogen) atoms. The van der Waals surface area contributed by atoms with E-state index in [0.717, 1.165) is 39.2 Å². The minimum atomic E-state index is -0.170. The number of nitrogens with zero attached hydrogens (tertiary/aromatic N) is 1. The van der Waals surface area contributed by atoms with Crippen molar-refractivity contribution in [2.24, 2.45) is 0 Å². The lowest BCUT2D eigenvalue weighted by Gasteiger charge is -2.26. The lowest BCUT2D eigenvalue weighted by molar-refractivity contribution is -0.124. The molecule has 3 amide bonds. The largest absolute Gasteiger partial charge is 0.358 e. The Morgan fingerprint density at radius 3 is 2.87 bits per heavy atom. The van der Waals surface area contributed by atoms with Gasteiger partial charge in [0.25, 0.3) is 11.8 Å². The number of fused-ring (bicyclic) bond motifs is 1. The molecule has 0 spiro atoms. The van der Waals surface area contributed by atoms with E-state index in [1.807, 2.05) is 36.9 Å². The fraction of sp³-hybridized carbons (Fsp3) is 0.318. The third kappa shape index (κ3) is 4.42. The monoisotopic (exact) mass is 485 g/mol. The highest BCUT2D eigenvalue weighted by Gasteiger charge is 2.26. The highest BCUT2D eigenvalue weighted by molar-refractivity contribution is 9.10. The van der Waals surface area contributed by atoms with E-state index in [1.54, 1.807) is 6.08 Å². The van der Waals surface area contributed by atoms with Gasteiger partial charge in [0.15, 0.2) is 0 Å². The standard InChI is InChI=1S/C22H24BrN5O3/c1-12-18(10-16-15-9-14(23)3-4-17(15)27-21(16)30)26-13(2)20(12)22(31)25-6-8-28-7-5-24-19(29)11-28/h3-4,9-10,26H,5-8,11H2,1-2H3,(H,24,29)(H,25,31)(H,27,30). The van der Waals surface area contributed by atoms with Crippen molar-refractivity contribution in [2.75, 3.05) is 38.0 Å². The van der Waals surface area contributed by atoms with Gasteiger partial charge in [-0.05, 0) is 43.7 Å². The van der Waals surface area contributed by atoms with Gasteiger partial charge in [0.2, 0.25) is 5.91 Å². The molecule has 0 radical (unpaired) electrons. The summed E-state index contributed by atoms with van der Waals surface area (Å²) in [6.07, 6.45) is 1.79. The quantitative estimate of drug-likeness (QED) is 0.486.